The maximum atomic E-state index is 5.88. The van der Waals surface area contributed by atoms with Gasteiger partial charge in [-0.05, 0) is 35.4 Å². The molecule has 0 radical (unpaired) electrons. The molecule has 0 saturated heterocycles. The van der Waals surface area contributed by atoms with E-state index < -0.39 is 0 Å². The van der Waals surface area contributed by atoms with Gasteiger partial charge in [0.15, 0.2) is 0 Å². The molecule has 4 heteroatoms. The number of hydrogen-bond acceptors (Lipinski definition) is 3. The second kappa shape index (κ2) is 8.91. The van der Waals surface area contributed by atoms with Crippen LogP contribution in [0.2, 0.25) is 0 Å². The zero-order valence-electron chi connectivity index (χ0n) is 15.5. The first-order valence-electron chi connectivity index (χ1n) is 9.36. The molecule has 1 aromatic heterocycles. The average Bonchev–Trinajstić information content (AvgIpc) is 3.23. The highest BCUT2D eigenvalue weighted by molar-refractivity contribution is 5.64. The lowest BCUT2D eigenvalue weighted by molar-refractivity contribution is 0.302. The molecule has 1 N–H and O–H groups in total. The van der Waals surface area contributed by atoms with Gasteiger partial charge in [0.05, 0.1) is 12.3 Å². The summed E-state index contributed by atoms with van der Waals surface area (Å²) in [5.41, 5.74) is 4.44. The minimum Gasteiger partial charge on any atom is -0.493 e. The van der Waals surface area contributed by atoms with Crippen LogP contribution in [0.15, 0.2) is 91.1 Å². The molecule has 4 rings (SSSR count). The summed E-state index contributed by atoms with van der Waals surface area (Å²) in [6.45, 7) is 1.12. The van der Waals surface area contributed by atoms with Crippen molar-refractivity contribution in [3.05, 3.63) is 102 Å². The van der Waals surface area contributed by atoms with Crippen LogP contribution in [0.5, 0.6) is 11.5 Å². The van der Waals surface area contributed by atoms with Crippen molar-refractivity contribution in [3.8, 4) is 22.6 Å². The molecule has 28 heavy (non-hydrogen) atoms. The number of ether oxygens (including phenoxy) is 2. The van der Waals surface area contributed by atoms with Gasteiger partial charge in [-0.1, -0.05) is 60.7 Å². The van der Waals surface area contributed by atoms with Crippen LogP contribution in [0.25, 0.3) is 11.1 Å². The van der Waals surface area contributed by atoms with Crippen LogP contribution >= 0.6 is 0 Å². The quantitative estimate of drug-likeness (QED) is 0.459. The molecule has 0 aliphatic carbocycles. The van der Waals surface area contributed by atoms with Crippen molar-refractivity contribution < 1.29 is 9.47 Å². The Balaban J connectivity index is 1.28. The number of nitrogens with zero attached hydrogens (tertiary/aromatic N) is 1. The second-order valence-corrected chi connectivity index (χ2v) is 6.46. The standard InChI is InChI=1S/C24H22N2O2/c1-3-7-19(8-4-1)18-28-22-13-11-21(12-14-22)27-16-15-24-23(17-25-26-24)20-9-5-2-6-10-20/h1-14,17H,15-16,18H2,(H,25,26). The van der Waals surface area contributed by atoms with E-state index in [1.165, 1.54) is 0 Å². The smallest absolute Gasteiger partial charge is 0.120 e. The molecule has 0 unspecified atom stereocenters. The predicted molar refractivity (Wildman–Crippen MR) is 110 cm³/mol. The molecule has 4 nitrogen and oxygen atoms in total. The second-order valence-electron chi connectivity index (χ2n) is 6.46. The molecule has 0 amide bonds. The van der Waals surface area contributed by atoms with E-state index in [2.05, 4.69) is 34.5 Å². The Morgan fingerprint density at radius 1 is 0.714 bits per heavy atom. The third kappa shape index (κ3) is 4.60. The van der Waals surface area contributed by atoms with Gasteiger partial charge in [0.1, 0.15) is 18.1 Å². The number of H-pyrrole nitrogens is 1. The van der Waals surface area contributed by atoms with Crippen LogP contribution < -0.4 is 9.47 Å². The van der Waals surface area contributed by atoms with Crippen molar-refractivity contribution in [2.75, 3.05) is 6.61 Å². The van der Waals surface area contributed by atoms with Crippen LogP contribution in [-0.4, -0.2) is 16.8 Å². The van der Waals surface area contributed by atoms with Crippen molar-refractivity contribution in [2.45, 2.75) is 13.0 Å². The van der Waals surface area contributed by atoms with Crippen molar-refractivity contribution in [1.82, 2.24) is 10.2 Å². The molecule has 0 fully saturated rings. The summed E-state index contributed by atoms with van der Waals surface area (Å²) >= 11 is 0. The van der Waals surface area contributed by atoms with Gasteiger partial charge in [-0.3, -0.25) is 5.10 Å². The summed E-state index contributed by atoms with van der Waals surface area (Å²) in [5.74, 6) is 1.65. The molecule has 0 aliphatic rings. The lowest BCUT2D eigenvalue weighted by atomic mass is 10.1. The molecule has 0 saturated carbocycles. The number of rotatable bonds is 8. The van der Waals surface area contributed by atoms with E-state index in [1.807, 2.05) is 66.9 Å². The zero-order chi connectivity index (χ0) is 19.0. The zero-order valence-corrected chi connectivity index (χ0v) is 15.5. The number of benzene rings is 3. The highest BCUT2D eigenvalue weighted by atomic mass is 16.5. The molecule has 0 atom stereocenters. The first kappa shape index (κ1) is 17.9. The summed E-state index contributed by atoms with van der Waals surface area (Å²) in [6, 6.07) is 28.1. The Morgan fingerprint density at radius 2 is 1.36 bits per heavy atom. The van der Waals surface area contributed by atoms with Crippen molar-refractivity contribution in [3.63, 3.8) is 0 Å². The van der Waals surface area contributed by atoms with E-state index in [4.69, 9.17) is 9.47 Å². The lowest BCUT2D eigenvalue weighted by Crippen LogP contribution is -2.03. The van der Waals surface area contributed by atoms with Crippen LogP contribution in [0.1, 0.15) is 11.3 Å². The van der Waals surface area contributed by atoms with E-state index in [0.29, 0.717) is 13.2 Å². The predicted octanol–water partition coefficient (Wildman–Crippen LogP) is 5.28. The SMILES string of the molecule is c1ccc(COc2ccc(OCCc3n[nH]cc3-c3ccccc3)cc2)cc1. The normalized spacial score (nSPS) is 10.6. The van der Waals surface area contributed by atoms with Crippen LogP contribution in [-0.2, 0) is 13.0 Å². The molecule has 3 aromatic carbocycles. The van der Waals surface area contributed by atoms with Gasteiger partial charge in [0, 0.05) is 18.2 Å². The summed E-state index contributed by atoms with van der Waals surface area (Å²) < 4.78 is 11.7. The fourth-order valence-electron chi connectivity index (χ4n) is 3.02. The summed E-state index contributed by atoms with van der Waals surface area (Å²) in [6.07, 6.45) is 2.67. The van der Waals surface area contributed by atoms with Gasteiger partial charge in [-0.2, -0.15) is 5.10 Å². The van der Waals surface area contributed by atoms with E-state index >= 15 is 0 Å². The average molecular weight is 370 g/mol. The van der Waals surface area contributed by atoms with Crippen LogP contribution in [0, 0.1) is 0 Å². The number of aromatic nitrogens is 2. The first-order valence-corrected chi connectivity index (χ1v) is 9.36. The van der Waals surface area contributed by atoms with Crippen LogP contribution in [0.4, 0.5) is 0 Å². The maximum absolute atomic E-state index is 5.88. The van der Waals surface area contributed by atoms with Crippen molar-refractivity contribution in [2.24, 2.45) is 0 Å². The molecule has 1 heterocycles. The van der Waals surface area contributed by atoms with Gasteiger partial charge in [-0.25, -0.2) is 0 Å². The molecule has 4 aromatic rings. The monoisotopic (exact) mass is 370 g/mol. The molecule has 140 valence electrons. The number of nitrogens with one attached hydrogen (secondary N) is 1. The topological polar surface area (TPSA) is 47.1 Å². The lowest BCUT2D eigenvalue weighted by Gasteiger charge is -2.09. The Kier molecular flexibility index (Phi) is 5.68. The van der Waals surface area contributed by atoms with E-state index in [1.54, 1.807) is 0 Å². The van der Waals surface area contributed by atoms with Gasteiger partial charge in [0.25, 0.3) is 0 Å². The fraction of sp³-hybridized carbons (Fsp3) is 0.125. The third-order valence-corrected chi connectivity index (χ3v) is 4.48. The van der Waals surface area contributed by atoms with Gasteiger partial charge in [-0.15, -0.1) is 0 Å². The maximum Gasteiger partial charge on any atom is 0.120 e. The van der Waals surface area contributed by atoms with E-state index in [-0.39, 0.29) is 0 Å². The minimum atomic E-state index is 0.558. The molecular formula is C24H22N2O2. The molecule has 0 aliphatic heterocycles. The van der Waals surface area contributed by atoms with Gasteiger partial charge >= 0.3 is 0 Å². The van der Waals surface area contributed by atoms with Crippen molar-refractivity contribution >= 4 is 0 Å². The summed E-state index contributed by atoms with van der Waals surface area (Å²) in [7, 11) is 0. The summed E-state index contributed by atoms with van der Waals surface area (Å²) in [4.78, 5) is 0. The van der Waals surface area contributed by atoms with Crippen LogP contribution in [0.3, 0.4) is 0 Å². The minimum absolute atomic E-state index is 0.558. The first-order chi connectivity index (χ1) is 13.9. The van der Waals surface area contributed by atoms with Gasteiger partial charge < -0.3 is 9.47 Å². The Bertz CT molecular complexity index is 980. The Hall–Kier alpha value is -3.53. The fourth-order valence-corrected chi connectivity index (χ4v) is 3.02. The Morgan fingerprint density at radius 3 is 2.07 bits per heavy atom. The van der Waals surface area contributed by atoms with Crippen molar-refractivity contribution in [1.29, 1.82) is 0 Å². The highest BCUT2D eigenvalue weighted by Crippen LogP contribution is 2.23. The van der Waals surface area contributed by atoms with E-state index in [0.717, 1.165) is 40.3 Å². The molecule has 0 bridgehead atoms. The largest absolute Gasteiger partial charge is 0.493 e. The van der Waals surface area contributed by atoms with E-state index in [9.17, 15) is 0 Å². The molecular weight excluding hydrogens is 348 g/mol. The van der Waals surface area contributed by atoms with Gasteiger partial charge in [0.2, 0.25) is 0 Å². The Labute approximate surface area is 164 Å². The number of aromatic amines is 1. The number of hydrogen-bond donors (Lipinski definition) is 1. The highest BCUT2D eigenvalue weighted by Gasteiger charge is 2.08. The summed E-state index contributed by atoms with van der Waals surface area (Å²) in [5, 5.41) is 7.32. The third-order valence-electron chi connectivity index (χ3n) is 4.48. The molecule has 0 spiro atoms.